The minimum Gasteiger partial charge on any atom is -0.298 e. The van der Waals surface area contributed by atoms with Crippen molar-refractivity contribution < 1.29 is 9.59 Å². The van der Waals surface area contributed by atoms with Gasteiger partial charge < -0.3 is 0 Å². The summed E-state index contributed by atoms with van der Waals surface area (Å²) in [4.78, 5) is 30.9. The van der Waals surface area contributed by atoms with Crippen LogP contribution in [0.25, 0.3) is 33.5 Å². The van der Waals surface area contributed by atoms with Crippen LogP contribution < -0.4 is 5.32 Å². The fourth-order valence-corrected chi connectivity index (χ4v) is 5.91. The van der Waals surface area contributed by atoms with Crippen molar-refractivity contribution in [2.24, 2.45) is 0 Å². The zero-order valence-corrected chi connectivity index (χ0v) is 19.4. The van der Waals surface area contributed by atoms with Crippen LogP contribution in [0.3, 0.4) is 0 Å². The Bertz CT molecular complexity index is 1700. The molecule has 1 amide bonds. The number of ketones is 1. The fraction of sp³-hybridized carbons (Fsp3) is 0.0333. The van der Waals surface area contributed by atoms with E-state index in [-0.39, 0.29) is 11.7 Å². The highest BCUT2D eigenvalue weighted by atomic mass is 32.1. The van der Waals surface area contributed by atoms with Crippen molar-refractivity contribution in [3.8, 4) is 33.5 Å². The molecule has 0 saturated heterocycles. The number of benzene rings is 4. The van der Waals surface area contributed by atoms with Gasteiger partial charge in [0.05, 0.1) is 11.3 Å². The molecular weight excluding hydrogens is 452 g/mol. The van der Waals surface area contributed by atoms with E-state index in [0.717, 1.165) is 28.8 Å². The topological polar surface area (TPSA) is 59.1 Å². The lowest BCUT2D eigenvalue weighted by atomic mass is 10.0. The van der Waals surface area contributed by atoms with Crippen LogP contribution in [0.1, 0.15) is 37.4 Å². The van der Waals surface area contributed by atoms with E-state index in [1.54, 1.807) is 6.07 Å². The Morgan fingerprint density at radius 2 is 1.51 bits per heavy atom. The SMILES string of the molecule is O=C(Nc1nc(-c2ccc3c(c2)Cc2ccccc2-3)cs1)c1cccc2c1C(=O)c1ccccc1-2. The number of nitrogens with one attached hydrogen (secondary N) is 1. The van der Waals surface area contributed by atoms with Crippen LogP contribution in [0.2, 0.25) is 0 Å². The Labute approximate surface area is 205 Å². The first kappa shape index (κ1) is 20.1. The number of nitrogens with zero attached hydrogens (tertiary/aromatic N) is 1. The molecule has 2 aliphatic rings. The normalized spacial score (nSPS) is 12.6. The van der Waals surface area contributed by atoms with Crippen molar-refractivity contribution in [3.05, 3.63) is 118 Å². The van der Waals surface area contributed by atoms with Gasteiger partial charge in [-0.05, 0) is 51.9 Å². The smallest absolute Gasteiger partial charge is 0.258 e. The number of carbonyl (C=O) groups excluding carboxylic acids is 2. The highest BCUT2D eigenvalue weighted by molar-refractivity contribution is 7.14. The van der Waals surface area contributed by atoms with Crippen LogP contribution in [0.15, 0.2) is 90.3 Å². The lowest BCUT2D eigenvalue weighted by Gasteiger charge is -2.07. The van der Waals surface area contributed by atoms with E-state index in [4.69, 9.17) is 0 Å². The first-order chi connectivity index (χ1) is 17.2. The summed E-state index contributed by atoms with van der Waals surface area (Å²) < 4.78 is 0. The molecule has 2 aliphatic carbocycles. The van der Waals surface area contributed by atoms with Gasteiger partial charge >= 0.3 is 0 Å². The Balaban J connectivity index is 1.16. The Morgan fingerprint density at radius 3 is 2.40 bits per heavy atom. The molecule has 5 heteroatoms. The molecule has 0 radical (unpaired) electrons. The number of amides is 1. The molecular formula is C30H18N2O2S. The van der Waals surface area contributed by atoms with Crippen LogP contribution in [-0.2, 0) is 6.42 Å². The first-order valence-corrected chi connectivity index (χ1v) is 12.3. The van der Waals surface area contributed by atoms with E-state index in [0.29, 0.717) is 21.8 Å². The molecule has 0 bridgehead atoms. The summed E-state index contributed by atoms with van der Waals surface area (Å²) in [6, 6.07) is 27.8. The number of carbonyl (C=O) groups is 2. The average molecular weight is 471 g/mol. The second kappa shape index (κ2) is 7.58. The van der Waals surface area contributed by atoms with E-state index in [1.165, 1.54) is 33.6 Å². The number of thiazole rings is 1. The van der Waals surface area contributed by atoms with Gasteiger partial charge in [-0.3, -0.25) is 14.9 Å². The van der Waals surface area contributed by atoms with Gasteiger partial charge in [0.1, 0.15) is 0 Å². The third-order valence-electron chi connectivity index (χ3n) is 6.81. The molecule has 166 valence electrons. The quantitative estimate of drug-likeness (QED) is 0.307. The third kappa shape index (κ3) is 3.09. The van der Waals surface area contributed by atoms with Crippen molar-refractivity contribution in [2.45, 2.75) is 6.42 Å². The van der Waals surface area contributed by atoms with E-state index >= 15 is 0 Å². The van der Waals surface area contributed by atoms with Gasteiger partial charge in [-0.2, -0.15) is 0 Å². The predicted octanol–water partition coefficient (Wildman–Crippen LogP) is 6.85. The zero-order valence-electron chi connectivity index (χ0n) is 18.5. The van der Waals surface area contributed by atoms with Crippen LogP contribution in [0.5, 0.6) is 0 Å². The summed E-state index contributed by atoms with van der Waals surface area (Å²) in [5.74, 6) is -0.436. The molecule has 1 N–H and O–H groups in total. The van der Waals surface area contributed by atoms with E-state index in [9.17, 15) is 9.59 Å². The van der Waals surface area contributed by atoms with Gasteiger partial charge in [-0.25, -0.2) is 4.98 Å². The summed E-state index contributed by atoms with van der Waals surface area (Å²) in [5, 5.41) is 5.37. The molecule has 4 aromatic carbocycles. The summed E-state index contributed by atoms with van der Waals surface area (Å²) in [6.45, 7) is 0. The standard InChI is InChI=1S/C30H18N2O2S/c33-28-24-9-4-3-8-22(24)23-10-5-11-25(27(23)28)29(34)32-30-31-26(16-35-30)18-12-13-21-19(15-18)14-17-6-1-2-7-20(17)21/h1-13,15-16H,14H2,(H,31,32,34). The van der Waals surface area contributed by atoms with Crippen LogP contribution >= 0.6 is 11.3 Å². The van der Waals surface area contributed by atoms with E-state index in [1.807, 2.05) is 41.8 Å². The molecule has 1 heterocycles. The molecule has 5 aromatic rings. The van der Waals surface area contributed by atoms with Gasteiger partial charge in [0.15, 0.2) is 10.9 Å². The largest absolute Gasteiger partial charge is 0.298 e. The second-order valence-electron chi connectivity index (χ2n) is 8.80. The third-order valence-corrected chi connectivity index (χ3v) is 7.57. The maximum atomic E-state index is 13.2. The van der Waals surface area contributed by atoms with E-state index in [2.05, 4.69) is 52.8 Å². The fourth-order valence-electron chi connectivity index (χ4n) is 5.19. The maximum absolute atomic E-state index is 13.2. The Morgan fingerprint density at radius 1 is 0.771 bits per heavy atom. The van der Waals surface area contributed by atoms with Crippen molar-refractivity contribution in [3.63, 3.8) is 0 Å². The lowest BCUT2D eigenvalue weighted by Crippen LogP contribution is -2.15. The summed E-state index contributed by atoms with van der Waals surface area (Å²) >= 11 is 1.38. The minimum absolute atomic E-state index is 0.111. The molecule has 0 saturated carbocycles. The van der Waals surface area contributed by atoms with Gasteiger partial charge in [-0.1, -0.05) is 72.8 Å². The molecule has 0 aliphatic heterocycles. The zero-order chi connectivity index (χ0) is 23.5. The number of rotatable bonds is 3. The Kier molecular flexibility index (Phi) is 4.35. The number of hydrogen-bond donors (Lipinski definition) is 1. The van der Waals surface area contributed by atoms with E-state index < -0.39 is 0 Å². The van der Waals surface area contributed by atoms with Crippen molar-refractivity contribution >= 4 is 28.2 Å². The van der Waals surface area contributed by atoms with Crippen molar-refractivity contribution in [1.29, 1.82) is 0 Å². The average Bonchev–Trinajstić information content (AvgIpc) is 3.58. The molecule has 0 unspecified atom stereocenters. The molecule has 4 nitrogen and oxygen atoms in total. The second-order valence-corrected chi connectivity index (χ2v) is 9.66. The number of aromatic nitrogens is 1. The van der Waals surface area contributed by atoms with Crippen LogP contribution in [0, 0.1) is 0 Å². The molecule has 0 spiro atoms. The van der Waals surface area contributed by atoms with Crippen LogP contribution in [-0.4, -0.2) is 16.7 Å². The van der Waals surface area contributed by atoms with Gasteiger partial charge in [0, 0.05) is 22.1 Å². The monoisotopic (exact) mass is 470 g/mol. The van der Waals surface area contributed by atoms with Gasteiger partial charge in [0.2, 0.25) is 0 Å². The highest BCUT2D eigenvalue weighted by Crippen LogP contribution is 2.40. The van der Waals surface area contributed by atoms with Gasteiger partial charge in [0.25, 0.3) is 5.91 Å². The summed E-state index contributed by atoms with van der Waals surface area (Å²) in [5.41, 5.74) is 10.2. The molecule has 7 rings (SSSR count). The van der Waals surface area contributed by atoms with Gasteiger partial charge in [-0.15, -0.1) is 11.3 Å². The number of fused-ring (bicyclic) bond motifs is 6. The summed E-state index contributed by atoms with van der Waals surface area (Å²) in [6.07, 6.45) is 0.919. The minimum atomic E-state index is -0.326. The summed E-state index contributed by atoms with van der Waals surface area (Å²) in [7, 11) is 0. The Hall–Kier alpha value is -4.35. The predicted molar refractivity (Wildman–Crippen MR) is 139 cm³/mol. The number of hydrogen-bond acceptors (Lipinski definition) is 4. The molecule has 0 atom stereocenters. The lowest BCUT2D eigenvalue weighted by molar-refractivity contribution is 0.0998. The van der Waals surface area contributed by atoms with Crippen molar-refractivity contribution in [1.82, 2.24) is 4.98 Å². The maximum Gasteiger partial charge on any atom is 0.258 e. The molecule has 35 heavy (non-hydrogen) atoms. The van der Waals surface area contributed by atoms with Crippen LogP contribution in [0.4, 0.5) is 5.13 Å². The number of anilines is 1. The highest BCUT2D eigenvalue weighted by Gasteiger charge is 2.31. The van der Waals surface area contributed by atoms with Crippen molar-refractivity contribution in [2.75, 3.05) is 5.32 Å². The molecule has 1 aromatic heterocycles. The first-order valence-electron chi connectivity index (χ1n) is 11.4. The molecule has 0 fully saturated rings.